The van der Waals surface area contributed by atoms with E-state index in [4.69, 9.17) is 5.26 Å². The van der Waals surface area contributed by atoms with Crippen LogP contribution in [0.3, 0.4) is 0 Å². The number of amides is 2. The number of hydrogen-bond donors (Lipinski definition) is 2. The lowest BCUT2D eigenvalue weighted by molar-refractivity contribution is -0.123. The first-order valence-corrected chi connectivity index (χ1v) is 7.19. The number of rotatable bonds is 5. The number of nitriles is 1. The fourth-order valence-electron chi connectivity index (χ4n) is 2.04. The standard InChI is InChI=1S/C18H15N3O3/c1-12(22)14-5-3-7-16(9-14)21-18(24)10-17(23)20-15-6-2-4-13(8-15)11-19/h2-9H,10H2,1H3,(H,20,23)(H,21,24). The SMILES string of the molecule is CC(=O)c1cccc(NC(=O)CC(=O)Nc2cccc(C#N)c2)c1. The summed E-state index contributed by atoms with van der Waals surface area (Å²) in [7, 11) is 0. The molecule has 0 atom stereocenters. The summed E-state index contributed by atoms with van der Waals surface area (Å²) in [4.78, 5) is 35.1. The van der Waals surface area contributed by atoms with Gasteiger partial charge in [0.15, 0.2) is 5.78 Å². The van der Waals surface area contributed by atoms with Crippen LogP contribution < -0.4 is 10.6 Å². The summed E-state index contributed by atoms with van der Waals surface area (Å²) in [6, 6.07) is 14.9. The van der Waals surface area contributed by atoms with Crippen molar-refractivity contribution >= 4 is 29.0 Å². The predicted octanol–water partition coefficient (Wildman–Crippen LogP) is 2.73. The summed E-state index contributed by atoms with van der Waals surface area (Å²) in [5.74, 6) is -1.10. The molecule has 0 unspecified atom stereocenters. The number of hydrogen-bond acceptors (Lipinski definition) is 4. The molecular formula is C18H15N3O3. The average molecular weight is 321 g/mol. The molecule has 0 aromatic heterocycles. The minimum atomic E-state index is -0.496. The molecule has 120 valence electrons. The monoisotopic (exact) mass is 321 g/mol. The van der Waals surface area contributed by atoms with Crippen LogP contribution in [-0.4, -0.2) is 17.6 Å². The molecule has 0 aliphatic carbocycles. The molecule has 0 heterocycles. The maximum atomic E-state index is 11.9. The number of benzene rings is 2. The number of nitrogens with zero attached hydrogens (tertiary/aromatic N) is 1. The third kappa shape index (κ3) is 4.78. The van der Waals surface area contributed by atoms with Gasteiger partial charge < -0.3 is 10.6 Å². The van der Waals surface area contributed by atoms with Gasteiger partial charge in [0.05, 0.1) is 11.6 Å². The van der Waals surface area contributed by atoms with Crippen molar-refractivity contribution in [3.63, 3.8) is 0 Å². The molecule has 0 saturated heterocycles. The second kappa shape index (κ2) is 7.70. The molecule has 0 bridgehead atoms. The highest BCUT2D eigenvalue weighted by atomic mass is 16.2. The molecule has 0 saturated carbocycles. The lowest BCUT2D eigenvalue weighted by atomic mass is 10.1. The lowest BCUT2D eigenvalue weighted by Gasteiger charge is -2.07. The Balaban J connectivity index is 1.94. The van der Waals surface area contributed by atoms with Crippen molar-refractivity contribution in [3.8, 4) is 6.07 Å². The molecule has 2 N–H and O–H groups in total. The average Bonchev–Trinajstić information content (AvgIpc) is 2.54. The van der Waals surface area contributed by atoms with E-state index in [1.54, 1.807) is 42.5 Å². The van der Waals surface area contributed by atoms with Crippen molar-refractivity contribution < 1.29 is 14.4 Å². The summed E-state index contributed by atoms with van der Waals surface area (Å²) >= 11 is 0. The van der Waals surface area contributed by atoms with Gasteiger partial charge in [0.2, 0.25) is 11.8 Å². The molecule has 0 radical (unpaired) electrons. The van der Waals surface area contributed by atoms with Crippen LogP contribution in [0.1, 0.15) is 29.3 Å². The van der Waals surface area contributed by atoms with E-state index in [-0.39, 0.29) is 12.2 Å². The molecule has 2 aromatic carbocycles. The quantitative estimate of drug-likeness (QED) is 0.653. The Morgan fingerprint density at radius 2 is 1.54 bits per heavy atom. The molecule has 2 rings (SSSR count). The molecule has 2 aromatic rings. The zero-order valence-corrected chi connectivity index (χ0v) is 13.0. The first-order chi connectivity index (χ1) is 11.5. The van der Waals surface area contributed by atoms with Crippen LogP contribution in [0.25, 0.3) is 0 Å². The number of Topliss-reactive ketones (excluding diaryl/α,β-unsaturated/α-hetero) is 1. The molecule has 0 aliphatic heterocycles. The minimum Gasteiger partial charge on any atom is -0.326 e. The van der Waals surface area contributed by atoms with Crippen molar-refractivity contribution in [2.45, 2.75) is 13.3 Å². The minimum absolute atomic E-state index is 0.110. The van der Waals surface area contributed by atoms with Gasteiger partial charge in [-0.2, -0.15) is 5.26 Å². The summed E-state index contributed by atoms with van der Waals surface area (Å²) in [5, 5.41) is 13.9. The van der Waals surface area contributed by atoms with Gasteiger partial charge in [-0.3, -0.25) is 14.4 Å². The van der Waals surface area contributed by atoms with E-state index < -0.39 is 11.8 Å². The lowest BCUT2D eigenvalue weighted by Crippen LogP contribution is -2.21. The van der Waals surface area contributed by atoms with E-state index in [9.17, 15) is 14.4 Å². The Kier molecular flexibility index (Phi) is 5.42. The molecule has 6 nitrogen and oxygen atoms in total. The van der Waals surface area contributed by atoms with E-state index in [1.807, 2.05) is 6.07 Å². The van der Waals surface area contributed by atoms with E-state index in [2.05, 4.69) is 10.6 Å². The maximum absolute atomic E-state index is 11.9. The Labute approximate surface area is 139 Å². The topological polar surface area (TPSA) is 99.1 Å². The molecular weight excluding hydrogens is 306 g/mol. The summed E-state index contributed by atoms with van der Waals surface area (Å²) < 4.78 is 0. The number of anilines is 2. The number of carbonyl (C=O) groups excluding carboxylic acids is 3. The summed E-state index contributed by atoms with van der Waals surface area (Å²) in [5.41, 5.74) is 1.79. The molecule has 0 fully saturated rings. The Bertz CT molecular complexity index is 837. The van der Waals surface area contributed by atoms with Crippen LogP contribution in [0.2, 0.25) is 0 Å². The Morgan fingerprint density at radius 1 is 0.958 bits per heavy atom. The van der Waals surface area contributed by atoms with Crippen LogP contribution in [0.5, 0.6) is 0 Å². The smallest absolute Gasteiger partial charge is 0.233 e. The maximum Gasteiger partial charge on any atom is 0.233 e. The summed E-state index contributed by atoms with van der Waals surface area (Å²) in [6.45, 7) is 1.43. The van der Waals surface area contributed by atoms with Gasteiger partial charge in [-0.25, -0.2) is 0 Å². The highest BCUT2D eigenvalue weighted by Gasteiger charge is 2.11. The van der Waals surface area contributed by atoms with E-state index in [0.717, 1.165) is 0 Å². The fraction of sp³-hybridized carbons (Fsp3) is 0.111. The molecule has 0 spiro atoms. The van der Waals surface area contributed by atoms with Crippen molar-refractivity contribution in [3.05, 3.63) is 59.7 Å². The highest BCUT2D eigenvalue weighted by Crippen LogP contribution is 2.13. The first kappa shape index (κ1) is 16.9. The van der Waals surface area contributed by atoms with Gasteiger partial charge in [-0.05, 0) is 37.3 Å². The first-order valence-electron chi connectivity index (χ1n) is 7.19. The molecule has 6 heteroatoms. The second-order valence-corrected chi connectivity index (χ2v) is 5.10. The van der Waals surface area contributed by atoms with Crippen molar-refractivity contribution in [2.75, 3.05) is 10.6 Å². The Hall–Kier alpha value is -3.46. The van der Waals surface area contributed by atoms with Gasteiger partial charge in [-0.15, -0.1) is 0 Å². The van der Waals surface area contributed by atoms with Crippen molar-refractivity contribution in [2.24, 2.45) is 0 Å². The summed E-state index contributed by atoms with van der Waals surface area (Å²) in [6.07, 6.45) is -0.374. The highest BCUT2D eigenvalue weighted by molar-refractivity contribution is 6.08. The van der Waals surface area contributed by atoms with E-state index >= 15 is 0 Å². The van der Waals surface area contributed by atoms with Crippen LogP contribution in [0, 0.1) is 11.3 Å². The largest absolute Gasteiger partial charge is 0.326 e. The van der Waals surface area contributed by atoms with Crippen LogP contribution >= 0.6 is 0 Å². The van der Waals surface area contributed by atoms with E-state index in [1.165, 1.54) is 13.0 Å². The van der Waals surface area contributed by atoms with Crippen LogP contribution in [0.4, 0.5) is 11.4 Å². The van der Waals surface area contributed by atoms with Crippen LogP contribution in [0.15, 0.2) is 48.5 Å². The second-order valence-electron chi connectivity index (χ2n) is 5.10. The number of carbonyl (C=O) groups is 3. The zero-order valence-electron chi connectivity index (χ0n) is 13.0. The third-order valence-electron chi connectivity index (χ3n) is 3.15. The van der Waals surface area contributed by atoms with Gasteiger partial charge in [-0.1, -0.05) is 18.2 Å². The van der Waals surface area contributed by atoms with Crippen molar-refractivity contribution in [1.82, 2.24) is 0 Å². The Morgan fingerprint density at radius 3 is 2.12 bits per heavy atom. The fourth-order valence-corrected chi connectivity index (χ4v) is 2.04. The predicted molar refractivity (Wildman–Crippen MR) is 89.5 cm³/mol. The van der Waals surface area contributed by atoms with E-state index in [0.29, 0.717) is 22.5 Å². The number of nitrogens with one attached hydrogen (secondary N) is 2. The molecule has 24 heavy (non-hydrogen) atoms. The van der Waals surface area contributed by atoms with Gasteiger partial charge in [0.25, 0.3) is 0 Å². The normalized spacial score (nSPS) is 9.67. The van der Waals surface area contributed by atoms with Crippen LogP contribution in [-0.2, 0) is 9.59 Å². The number of ketones is 1. The zero-order chi connectivity index (χ0) is 17.5. The van der Waals surface area contributed by atoms with Gasteiger partial charge in [0, 0.05) is 16.9 Å². The molecule has 2 amide bonds. The van der Waals surface area contributed by atoms with Crippen molar-refractivity contribution in [1.29, 1.82) is 5.26 Å². The van der Waals surface area contributed by atoms with Gasteiger partial charge in [0.1, 0.15) is 6.42 Å². The van der Waals surface area contributed by atoms with Gasteiger partial charge >= 0.3 is 0 Å². The molecule has 0 aliphatic rings. The third-order valence-corrected chi connectivity index (χ3v) is 3.15.